The largest absolute Gasteiger partial charge is 0.284 e. The molecule has 9 heteroatoms. The molecule has 2 rings (SSSR count). The van der Waals surface area contributed by atoms with Gasteiger partial charge >= 0.3 is 0 Å². The van der Waals surface area contributed by atoms with Gasteiger partial charge in [0, 0.05) is 22.6 Å². The first-order valence-electron chi connectivity index (χ1n) is 6.69. The minimum atomic E-state index is -3.40. The van der Waals surface area contributed by atoms with Crippen molar-refractivity contribution in [2.24, 2.45) is 0 Å². The predicted molar refractivity (Wildman–Crippen MR) is 87.5 cm³/mol. The highest BCUT2D eigenvalue weighted by molar-refractivity contribution is 7.92. The molecule has 3 N–H and O–H groups in total. The molecule has 0 aliphatic heterocycles. The number of hydrazine groups is 1. The molecule has 8 nitrogen and oxygen atoms in total. The Hall–Kier alpha value is -2.68. The van der Waals surface area contributed by atoms with E-state index in [0.717, 1.165) is 17.6 Å². The topological polar surface area (TPSA) is 113 Å². The number of amides is 1. The lowest BCUT2D eigenvalue weighted by molar-refractivity contribution is 0.0962. The number of nitrogens with zero attached hydrogens (tertiary/aromatic N) is 2. The van der Waals surface area contributed by atoms with E-state index in [1.54, 1.807) is 18.2 Å². The fourth-order valence-corrected chi connectivity index (χ4v) is 2.46. The number of hydrogen-bond acceptors (Lipinski definition) is 6. The number of hydrogen-bond donors (Lipinski definition) is 3. The Morgan fingerprint density at radius 1 is 1.09 bits per heavy atom. The number of carbonyl (C=O) groups is 1. The summed E-state index contributed by atoms with van der Waals surface area (Å²) in [4.78, 5) is 20.4. The van der Waals surface area contributed by atoms with Gasteiger partial charge in [-0.2, -0.15) is 0 Å². The van der Waals surface area contributed by atoms with E-state index in [1.165, 1.54) is 6.07 Å². The molecule has 2 aromatic rings. The quantitative estimate of drug-likeness (QED) is 0.708. The first-order valence-corrected chi connectivity index (χ1v) is 8.58. The molecule has 0 bridgehead atoms. The molecule has 0 radical (unpaired) electrons. The maximum atomic E-state index is 12.1. The molecule has 0 fully saturated rings. The maximum absolute atomic E-state index is 12.1. The summed E-state index contributed by atoms with van der Waals surface area (Å²) >= 11 is 0. The fraction of sp³-hybridized carbons (Fsp3) is 0.214. The summed E-state index contributed by atoms with van der Waals surface area (Å²) in [6.45, 7) is 3.64. The minimum Gasteiger partial charge on any atom is -0.284 e. The van der Waals surface area contributed by atoms with Crippen LogP contribution in [0.4, 0.5) is 11.6 Å². The van der Waals surface area contributed by atoms with Crippen molar-refractivity contribution in [3.63, 3.8) is 0 Å². The molecule has 0 saturated heterocycles. The summed E-state index contributed by atoms with van der Waals surface area (Å²) in [5.41, 5.74) is 7.24. The summed E-state index contributed by atoms with van der Waals surface area (Å²) in [7, 11) is -3.40. The van der Waals surface area contributed by atoms with Crippen molar-refractivity contribution in [1.82, 2.24) is 15.4 Å². The fourth-order valence-electron chi connectivity index (χ4n) is 1.90. The number of rotatable bonds is 5. The van der Waals surface area contributed by atoms with E-state index in [9.17, 15) is 13.2 Å². The van der Waals surface area contributed by atoms with Crippen LogP contribution in [0.3, 0.4) is 0 Å². The van der Waals surface area contributed by atoms with Crippen LogP contribution >= 0.6 is 0 Å². The highest BCUT2D eigenvalue weighted by Gasteiger charge is 2.09. The van der Waals surface area contributed by atoms with Crippen molar-refractivity contribution in [3.8, 4) is 0 Å². The SMILES string of the molecule is Cc1cc(C)nc(NNC(=O)c2cccc(NS(C)(=O)=O)c2)n1. The van der Waals surface area contributed by atoms with Crippen LogP contribution < -0.4 is 15.6 Å². The normalized spacial score (nSPS) is 10.9. The van der Waals surface area contributed by atoms with Crippen LogP contribution in [-0.2, 0) is 10.0 Å². The average Bonchev–Trinajstić information content (AvgIpc) is 2.42. The van der Waals surface area contributed by atoms with Gasteiger partial charge in [-0.1, -0.05) is 6.07 Å². The Bertz CT molecular complexity index is 816. The van der Waals surface area contributed by atoms with Crippen LogP contribution in [0.25, 0.3) is 0 Å². The molecule has 1 amide bonds. The van der Waals surface area contributed by atoms with Crippen LogP contribution in [0.1, 0.15) is 21.7 Å². The van der Waals surface area contributed by atoms with Crippen molar-refractivity contribution in [1.29, 1.82) is 0 Å². The van der Waals surface area contributed by atoms with Crippen molar-refractivity contribution >= 4 is 27.6 Å². The molecule has 23 heavy (non-hydrogen) atoms. The molecule has 122 valence electrons. The van der Waals surface area contributed by atoms with Crippen LogP contribution in [0.5, 0.6) is 0 Å². The van der Waals surface area contributed by atoms with Gasteiger partial charge in [0.25, 0.3) is 5.91 Å². The second-order valence-corrected chi connectivity index (χ2v) is 6.76. The monoisotopic (exact) mass is 335 g/mol. The number of carbonyl (C=O) groups excluding carboxylic acids is 1. The Morgan fingerprint density at radius 2 is 1.74 bits per heavy atom. The molecule has 0 aliphatic rings. The zero-order valence-electron chi connectivity index (χ0n) is 12.9. The molecular weight excluding hydrogens is 318 g/mol. The van der Waals surface area contributed by atoms with E-state index < -0.39 is 15.9 Å². The molecule has 0 saturated carbocycles. The molecular formula is C14H17N5O3S. The van der Waals surface area contributed by atoms with Gasteiger partial charge in [-0.15, -0.1) is 0 Å². The Kier molecular flexibility index (Phi) is 4.80. The number of nitrogens with one attached hydrogen (secondary N) is 3. The molecule has 1 aromatic carbocycles. The van der Waals surface area contributed by atoms with E-state index in [0.29, 0.717) is 5.69 Å². The minimum absolute atomic E-state index is 0.279. The summed E-state index contributed by atoms with van der Waals surface area (Å²) in [5, 5.41) is 0. The van der Waals surface area contributed by atoms with Gasteiger partial charge in [-0.25, -0.2) is 18.4 Å². The van der Waals surface area contributed by atoms with Crippen molar-refractivity contribution in [2.45, 2.75) is 13.8 Å². The maximum Gasteiger partial charge on any atom is 0.269 e. The van der Waals surface area contributed by atoms with Crippen LogP contribution in [0.2, 0.25) is 0 Å². The lowest BCUT2D eigenvalue weighted by Crippen LogP contribution is -2.30. The second kappa shape index (κ2) is 6.61. The first kappa shape index (κ1) is 16.7. The Balaban J connectivity index is 2.07. The van der Waals surface area contributed by atoms with Gasteiger partial charge in [0.1, 0.15) is 0 Å². The molecule has 1 heterocycles. The van der Waals surface area contributed by atoms with Gasteiger partial charge in [-0.3, -0.25) is 20.4 Å². The van der Waals surface area contributed by atoms with E-state index in [4.69, 9.17) is 0 Å². The summed E-state index contributed by atoms with van der Waals surface area (Å²) in [6.07, 6.45) is 1.04. The first-order chi connectivity index (χ1) is 10.7. The lowest BCUT2D eigenvalue weighted by Gasteiger charge is -2.09. The van der Waals surface area contributed by atoms with Crippen molar-refractivity contribution in [2.75, 3.05) is 16.4 Å². The van der Waals surface area contributed by atoms with Gasteiger partial charge < -0.3 is 0 Å². The van der Waals surface area contributed by atoms with Gasteiger partial charge in [0.2, 0.25) is 16.0 Å². The highest BCUT2D eigenvalue weighted by Crippen LogP contribution is 2.12. The predicted octanol–water partition coefficient (Wildman–Crippen LogP) is 1.22. The number of aromatic nitrogens is 2. The molecule has 0 unspecified atom stereocenters. The Labute approximate surface area is 134 Å². The lowest BCUT2D eigenvalue weighted by atomic mass is 10.2. The van der Waals surface area contributed by atoms with Gasteiger partial charge in [0.15, 0.2) is 0 Å². The standard InChI is InChI=1S/C14H17N5O3S/c1-9-7-10(2)16-14(15-9)18-17-13(20)11-5-4-6-12(8-11)19-23(3,21)22/h4-8,19H,1-3H3,(H,17,20)(H,15,16,18). The number of sulfonamides is 1. The zero-order valence-corrected chi connectivity index (χ0v) is 13.7. The van der Waals surface area contributed by atoms with Crippen molar-refractivity contribution in [3.05, 3.63) is 47.3 Å². The molecule has 1 aromatic heterocycles. The van der Waals surface area contributed by atoms with Crippen molar-refractivity contribution < 1.29 is 13.2 Å². The zero-order chi connectivity index (χ0) is 17.0. The highest BCUT2D eigenvalue weighted by atomic mass is 32.2. The third-order valence-corrected chi connectivity index (χ3v) is 3.30. The number of aryl methyl sites for hydroxylation is 2. The second-order valence-electron chi connectivity index (χ2n) is 5.01. The van der Waals surface area contributed by atoms with Crippen LogP contribution in [0.15, 0.2) is 30.3 Å². The molecule has 0 atom stereocenters. The third-order valence-electron chi connectivity index (χ3n) is 2.70. The number of anilines is 2. The van der Waals surface area contributed by atoms with E-state index in [2.05, 4.69) is 25.5 Å². The summed E-state index contributed by atoms with van der Waals surface area (Å²) < 4.78 is 24.7. The Morgan fingerprint density at radius 3 is 2.35 bits per heavy atom. The summed E-state index contributed by atoms with van der Waals surface area (Å²) in [6, 6.07) is 7.94. The average molecular weight is 335 g/mol. The van der Waals surface area contributed by atoms with E-state index in [1.807, 2.05) is 19.9 Å². The van der Waals surface area contributed by atoms with Gasteiger partial charge in [0.05, 0.1) is 6.26 Å². The van der Waals surface area contributed by atoms with Gasteiger partial charge in [-0.05, 0) is 38.1 Å². The molecule has 0 aliphatic carbocycles. The van der Waals surface area contributed by atoms with Crippen LogP contribution in [-0.4, -0.2) is 30.5 Å². The third kappa shape index (κ3) is 5.22. The summed E-state index contributed by atoms with van der Waals surface area (Å²) in [5.74, 6) is -0.161. The number of benzene rings is 1. The smallest absolute Gasteiger partial charge is 0.269 e. The van der Waals surface area contributed by atoms with E-state index in [-0.39, 0.29) is 11.5 Å². The van der Waals surface area contributed by atoms with E-state index >= 15 is 0 Å². The van der Waals surface area contributed by atoms with Crippen LogP contribution in [0, 0.1) is 13.8 Å². The molecule has 0 spiro atoms.